The van der Waals surface area contributed by atoms with Crippen LogP contribution < -0.4 is 0 Å². The summed E-state index contributed by atoms with van der Waals surface area (Å²) < 4.78 is 21.0. The monoisotopic (exact) mass is 640 g/mol. The summed E-state index contributed by atoms with van der Waals surface area (Å²) in [5.74, 6) is 0. The molecular formula is C42H29FN4S. The summed E-state index contributed by atoms with van der Waals surface area (Å²) in [5, 5.41) is 5.43. The maximum absolute atomic E-state index is 16.7. The minimum absolute atomic E-state index is 0.221. The van der Waals surface area contributed by atoms with E-state index in [0.29, 0.717) is 11.1 Å². The smallest absolute Gasteiger partial charge is 0.150 e. The Bertz CT molecular complexity index is 2770. The van der Waals surface area contributed by atoms with Crippen LogP contribution in [0.2, 0.25) is 0 Å². The van der Waals surface area contributed by atoms with Gasteiger partial charge in [-0.25, -0.2) is 14.4 Å². The molecule has 0 saturated carbocycles. The van der Waals surface area contributed by atoms with Crippen LogP contribution in [0, 0.1) is 0 Å². The van der Waals surface area contributed by atoms with E-state index in [1.807, 2.05) is 60.9 Å². The summed E-state index contributed by atoms with van der Waals surface area (Å²) >= 11 is 1.79. The van der Waals surface area contributed by atoms with Crippen LogP contribution in [-0.2, 0) is 5.41 Å². The molecule has 0 radical (unpaired) electrons. The highest BCUT2D eigenvalue weighted by atomic mass is 32.2. The van der Waals surface area contributed by atoms with Gasteiger partial charge in [0.25, 0.3) is 0 Å². The third-order valence-electron chi connectivity index (χ3n) is 10.1. The molecule has 0 aliphatic carbocycles. The second-order valence-corrected chi connectivity index (χ2v) is 14.3. The number of pyridine rings is 2. The van der Waals surface area contributed by atoms with E-state index in [9.17, 15) is 0 Å². The maximum atomic E-state index is 16.7. The Hall–Kier alpha value is -5.46. The predicted molar refractivity (Wildman–Crippen MR) is 194 cm³/mol. The number of rotatable bonds is 3. The molecular weight excluding hydrogens is 612 g/mol. The first-order valence-electron chi connectivity index (χ1n) is 16.2. The molecule has 1 aliphatic rings. The maximum Gasteiger partial charge on any atom is 0.150 e. The number of hydrogen-bond acceptors (Lipinski definition) is 3. The Labute approximate surface area is 280 Å². The number of aromatic nitrogens is 4. The van der Waals surface area contributed by atoms with Crippen molar-refractivity contribution in [2.75, 3.05) is 0 Å². The normalized spacial score (nSPS) is 14.6. The van der Waals surface area contributed by atoms with Crippen LogP contribution in [-0.4, -0.2) is 18.9 Å². The first-order valence-corrected chi connectivity index (χ1v) is 17.0. The zero-order chi connectivity index (χ0) is 32.1. The number of alkyl halides is 1. The van der Waals surface area contributed by atoms with Gasteiger partial charge in [0.1, 0.15) is 11.3 Å². The molecule has 6 heteroatoms. The third-order valence-corrected chi connectivity index (χ3v) is 11.3. The van der Waals surface area contributed by atoms with E-state index in [0.717, 1.165) is 54.9 Å². The van der Waals surface area contributed by atoms with E-state index in [4.69, 9.17) is 4.98 Å². The lowest BCUT2D eigenvalue weighted by atomic mass is 9.76. The molecule has 0 spiro atoms. The van der Waals surface area contributed by atoms with Gasteiger partial charge in [0.15, 0.2) is 6.17 Å². The molecule has 4 nitrogen and oxygen atoms in total. The third kappa shape index (κ3) is 3.78. The zero-order valence-corrected chi connectivity index (χ0v) is 27.2. The van der Waals surface area contributed by atoms with E-state index in [1.54, 1.807) is 18.0 Å². The highest BCUT2D eigenvalue weighted by Crippen LogP contribution is 2.52. The van der Waals surface area contributed by atoms with Crippen molar-refractivity contribution in [2.24, 2.45) is 0 Å². The first-order chi connectivity index (χ1) is 23.5. The molecule has 0 saturated heterocycles. The summed E-state index contributed by atoms with van der Waals surface area (Å²) in [5.41, 5.74) is 8.34. The van der Waals surface area contributed by atoms with Crippen LogP contribution >= 0.6 is 11.8 Å². The van der Waals surface area contributed by atoms with Gasteiger partial charge in [0.2, 0.25) is 0 Å². The largest absolute Gasteiger partial charge is 0.299 e. The predicted octanol–water partition coefficient (Wildman–Crippen LogP) is 11.0. The van der Waals surface area contributed by atoms with Gasteiger partial charge in [0.05, 0.1) is 11.0 Å². The molecule has 230 valence electrons. The molecule has 48 heavy (non-hydrogen) atoms. The average Bonchev–Trinajstić information content (AvgIpc) is 3.75. The van der Waals surface area contributed by atoms with Gasteiger partial charge in [-0.15, -0.1) is 0 Å². The Morgan fingerprint density at radius 3 is 2.33 bits per heavy atom. The van der Waals surface area contributed by atoms with E-state index >= 15 is 4.39 Å². The van der Waals surface area contributed by atoms with Gasteiger partial charge in [0, 0.05) is 61.0 Å². The molecule has 1 atom stereocenters. The lowest BCUT2D eigenvalue weighted by Crippen LogP contribution is -2.24. The summed E-state index contributed by atoms with van der Waals surface area (Å²) in [6, 6.07) is 39.2. The lowest BCUT2D eigenvalue weighted by Gasteiger charge is -2.35. The molecule has 5 heterocycles. The van der Waals surface area contributed by atoms with Crippen molar-refractivity contribution in [1.29, 1.82) is 0 Å². The number of halogens is 1. The molecule has 0 fully saturated rings. The molecule has 10 rings (SSSR count). The van der Waals surface area contributed by atoms with Gasteiger partial charge in [-0.2, -0.15) is 0 Å². The van der Waals surface area contributed by atoms with Crippen molar-refractivity contribution in [2.45, 2.75) is 35.2 Å². The standard InChI is InChI=1S/C42H29FN4S/c1-42(2)32-14-5-8-17-35(32)48-36-24-45-41-37(38(36)42)30-13-4-7-16-34(30)47(41)27-11-9-10-25(22-27)39(43)26-18-19-28-29-12-3-6-15-33(29)46-21-20-44-40(46)31(28)23-26/h3-24,39H,1-2H3. The molecule has 0 bridgehead atoms. The molecule has 1 aliphatic heterocycles. The zero-order valence-electron chi connectivity index (χ0n) is 26.4. The second-order valence-electron chi connectivity index (χ2n) is 13.2. The molecule has 5 aromatic carbocycles. The van der Waals surface area contributed by atoms with Gasteiger partial charge < -0.3 is 0 Å². The average molecular weight is 641 g/mol. The highest BCUT2D eigenvalue weighted by molar-refractivity contribution is 7.99. The van der Waals surface area contributed by atoms with Crippen molar-refractivity contribution in [3.63, 3.8) is 0 Å². The Morgan fingerprint density at radius 2 is 1.44 bits per heavy atom. The van der Waals surface area contributed by atoms with Crippen molar-refractivity contribution >= 4 is 61.0 Å². The summed E-state index contributed by atoms with van der Waals surface area (Å²) in [6.45, 7) is 4.63. The summed E-state index contributed by atoms with van der Waals surface area (Å²) in [4.78, 5) is 12.2. The van der Waals surface area contributed by atoms with Crippen LogP contribution in [0.1, 0.15) is 42.3 Å². The minimum Gasteiger partial charge on any atom is -0.299 e. The van der Waals surface area contributed by atoms with E-state index in [1.165, 1.54) is 20.9 Å². The van der Waals surface area contributed by atoms with Crippen molar-refractivity contribution < 1.29 is 4.39 Å². The number of fused-ring (bicyclic) bond motifs is 12. The molecule has 9 aromatic rings. The van der Waals surface area contributed by atoms with Gasteiger partial charge in [-0.3, -0.25) is 8.97 Å². The van der Waals surface area contributed by atoms with Crippen LogP contribution in [0.3, 0.4) is 0 Å². The summed E-state index contributed by atoms with van der Waals surface area (Å²) in [6.07, 6.45) is 4.47. The highest BCUT2D eigenvalue weighted by Gasteiger charge is 2.36. The number of nitrogens with zero attached hydrogens (tertiary/aromatic N) is 4. The van der Waals surface area contributed by atoms with Crippen molar-refractivity contribution in [3.05, 3.63) is 156 Å². The Kier molecular flexibility index (Phi) is 5.77. The SMILES string of the molecule is CC1(C)c2ccccc2Sc2cnc3c(c21)c1ccccc1n3-c1cccc(C(F)c2ccc3c4ccccc4n4ccnc4c3c2)c1. The van der Waals surface area contributed by atoms with Gasteiger partial charge in [-0.1, -0.05) is 104 Å². The van der Waals surface area contributed by atoms with E-state index in [-0.39, 0.29) is 5.41 Å². The van der Waals surface area contributed by atoms with Crippen molar-refractivity contribution in [3.8, 4) is 5.69 Å². The second kappa shape index (κ2) is 10.0. The van der Waals surface area contributed by atoms with E-state index < -0.39 is 6.17 Å². The molecule has 4 aromatic heterocycles. The van der Waals surface area contributed by atoms with Crippen LogP contribution in [0.4, 0.5) is 4.39 Å². The van der Waals surface area contributed by atoms with Crippen LogP contribution in [0.15, 0.2) is 144 Å². The number of hydrogen-bond donors (Lipinski definition) is 0. The van der Waals surface area contributed by atoms with Crippen LogP contribution in [0.25, 0.3) is 54.9 Å². The number of para-hydroxylation sites is 2. The van der Waals surface area contributed by atoms with Crippen molar-refractivity contribution in [1.82, 2.24) is 18.9 Å². The Morgan fingerprint density at radius 1 is 0.667 bits per heavy atom. The first kappa shape index (κ1) is 27.6. The quantitative estimate of drug-likeness (QED) is 0.180. The fourth-order valence-electron chi connectivity index (χ4n) is 7.95. The van der Waals surface area contributed by atoms with Gasteiger partial charge >= 0.3 is 0 Å². The van der Waals surface area contributed by atoms with E-state index in [2.05, 4.69) is 94.5 Å². The molecule has 0 amide bonds. The molecule has 1 unspecified atom stereocenters. The lowest BCUT2D eigenvalue weighted by molar-refractivity contribution is 0.402. The number of imidazole rings is 1. The fraction of sp³-hybridized carbons (Fsp3) is 0.0952. The van der Waals surface area contributed by atoms with Gasteiger partial charge in [-0.05, 0) is 64.0 Å². The minimum atomic E-state index is -1.32. The summed E-state index contributed by atoms with van der Waals surface area (Å²) in [7, 11) is 0. The fourth-order valence-corrected chi connectivity index (χ4v) is 9.33. The topological polar surface area (TPSA) is 35.1 Å². The molecule has 0 N–H and O–H groups in total. The van der Waals surface area contributed by atoms with Crippen LogP contribution in [0.5, 0.6) is 0 Å². The number of benzene rings is 5. The Balaban J connectivity index is 1.14.